The molecule has 33 heavy (non-hydrogen) atoms. The number of hydrogen-bond donors (Lipinski definition) is 0. The van der Waals surface area contributed by atoms with Gasteiger partial charge in [-0.3, -0.25) is 4.98 Å². The van der Waals surface area contributed by atoms with Crippen molar-refractivity contribution in [3.63, 3.8) is 0 Å². The first-order chi connectivity index (χ1) is 16.0. The van der Waals surface area contributed by atoms with Crippen LogP contribution in [0.3, 0.4) is 0 Å². The Bertz CT molecular complexity index is 711. The van der Waals surface area contributed by atoms with Crippen molar-refractivity contribution in [2.45, 2.75) is 132 Å². The summed E-state index contributed by atoms with van der Waals surface area (Å²) >= 11 is 0. The van der Waals surface area contributed by atoms with Crippen molar-refractivity contribution in [3.05, 3.63) is 53.2 Å². The van der Waals surface area contributed by atoms with Crippen molar-refractivity contribution in [2.75, 3.05) is 0 Å². The highest BCUT2D eigenvalue weighted by Crippen LogP contribution is 2.50. The van der Waals surface area contributed by atoms with Gasteiger partial charge in [-0.25, -0.2) is 0 Å². The van der Waals surface area contributed by atoms with Gasteiger partial charge in [0.15, 0.2) is 0 Å². The fraction of sp³-hybridized carbons (Fsp3) is 0.656. The molecule has 2 aromatic rings. The molecule has 2 bridgehead atoms. The van der Waals surface area contributed by atoms with Crippen LogP contribution in [0.25, 0.3) is 11.3 Å². The molecule has 1 saturated carbocycles. The van der Waals surface area contributed by atoms with Gasteiger partial charge >= 0.3 is 0 Å². The molecular weight excluding hydrogens is 398 g/mol. The largest absolute Gasteiger partial charge is 0.256 e. The Balaban J connectivity index is 0.000000619. The van der Waals surface area contributed by atoms with Crippen molar-refractivity contribution in [1.29, 1.82) is 0 Å². The number of benzene rings is 1. The van der Waals surface area contributed by atoms with E-state index in [0.29, 0.717) is 0 Å². The van der Waals surface area contributed by atoms with Crippen LogP contribution in [0.1, 0.15) is 142 Å². The van der Waals surface area contributed by atoms with Gasteiger partial charge < -0.3 is 0 Å². The number of fused-ring (bicyclic) bond motifs is 2. The van der Waals surface area contributed by atoms with Crippen LogP contribution in [0.4, 0.5) is 0 Å². The van der Waals surface area contributed by atoms with Gasteiger partial charge in [-0.1, -0.05) is 100 Å². The summed E-state index contributed by atoms with van der Waals surface area (Å²) in [5.41, 5.74) is 7.08. The van der Waals surface area contributed by atoms with E-state index >= 15 is 0 Å². The molecule has 188 valence electrons. The van der Waals surface area contributed by atoms with Gasteiger partial charge in [0.1, 0.15) is 0 Å². The van der Waals surface area contributed by atoms with Crippen LogP contribution in [0, 0.1) is 12.8 Å². The minimum atomic E-state index is 0.808. The zero-order chi connectivity index (χ0) is 25.2. The summed E-state index contributed by atoms with van der Waals surface area (Å²) in [6.45, 7) is 21.3. The SMILES string of the molecule is CC.CC.CCC.CCCC(C)CC.Cc1cc2c(cc1-c1ccccn1)C1CCC2CC1. The molecule has 0 radical (unpaired) electrons. The lowest BCUT2D eigenvalue weighted by atomic mass is 9.66. The van der Waals surface area contributed by atoms with Crippen molar-refractivity contribution in [3.8, 4) is 11.3 Å². The molecule has 1 aromatic heterocycles. The summed E-state index contributed by atoms with van der Waals surface area (Å²) in [6.07, 6.45) is 12.8. The normalized spacial score (nSPS) is 17.9. The zero-order valence-corrected chi connectivity index (χ0v) is 23.8. The summed E-state index contributed by atoms with van der Waals surface area (Å²) < 4.78 is 0. The fourth-order valence-corrected chi connectivity index (χ4v) is 4.66. The monoisotopic (exact) mass is 453 g/mol. The maximum absolute atomic E-state index is 4.52. The number of hydrogen-bond acceptors (Lipinski definition) is 1. The highest BCUT2D eigenvalue weighted by molar-refractivity contribution is 5.66. The maximum atomic E-state index is 4.52. The van der Waals surface area contributed by atoms with Crippen LogP contribution in [0.2, 0.25) is 0 Å². The van der Waals surface area contributed by atoms with Crippen LogP contribution in [0.5, 0.6) is 0 Å². The fourth-order valence-electron chi connectivity index (χ4n) is 4.66. The average Bonchev–Trinajstić information content (AvgIpc) is 2.88. The van der Waals surface area contributed by atoms with E-state index in [1.54, 1.807) is 11.1 Å². The second-order valence-corrected chi connectivity index (χ2v) is 9.07. The molecule has 3 aliphatic carbocycles. The highest BCUT2D eigenvalue weighted by Gasteiger charge is 2.33. The number of nitrogens with zero attached hydrogens (tertiary/aromatic N) is 1. The van der Waals surface area contributed by atoms with E-state index in [1.807, 2.05) is 40.0 Å². The lowest BCUT2D eigenvalue weighted by molar-refractivity contribution is 0.358. The van der Waals surface area contributed by atoms with Crippen molar-refractivity contribution < 1.29 is 0 Å². The van der Waals surface area contributed by atoms with Crippen LogP contribution < -0.4 is 0 Å². The molecule has 1 nitrogen and oxygen atoms in total. The molecule has 0 amide bonds. The molecule has 0 spiro atoms. The topological polar surface area (TPSA) is 12.9 Å². The van der Waals surface area contributed by atoms with Gasteiger partial charge in [0, 0.05) is 11.8 Å². The molecule has 1 heteroatoms. The molecule has 3 aliphatic rings. The Morgan fingerprint density at radius 1 is 0.848 bits per heavy atom. The Kier molecular flexibility index (Phi) is 17.8. The Hall–Kier alpha value is -1.63. The molecular formula is C32H55N. The van der Waals surface area contributed by atoms with Crippen LogP contribution in [-0.4, -0.2) is 4.98 Å². The van der Waals surface area contributed by atoms with Crippen LogP contribution in [0.15, 0.2) is 36.5 Å². The first-order valence-corrected chi connectivity index (χ1v) is 14.1. The lowest BCUT2D eigenvalue weighted by Crippen LogP contribution is -2.21. The summed E-state index contributed by atoms with van der Waals surface area (Å²) in [6, 6.07) is 11.1. The summed E-state index contributed by atoms with van der Waals surface area (Å²) in [5.74, 6) is 2.59. The standard InChI is InChI=1S/C18H19N.C7H16.C3H8.2C2H6/c1-12-10-16-13-5-7-14(8-6-13)17(16)11-15(12)18-4-2-3-9-19-18;1-4-6-7(3)5-2;1-3-2;2*1-2/h2-4,9-11,13-14H,5-8H2,1H3;7H,4-6H2,1-3H3;3H2,1-2H3;2*1-2H3. The van der Waals surface area contributed by atoms with Gasteiger partial charge in [-0.05, 0) is 85.3 Å². The third kappa shape index (κ3) is 10.0. The van der Waals surface area contributed by atoms with Gasteiger partial charge in [0.2, 0.25) is 0 Å². The predicted octanol–water partition coefficient (Wildman–Crippen LogP) is 11.1. The average molecular weight is 454 g/mol. The second-order valence-electron chi connectivity index (χ2n) is 9.07. The van der Waals surface area contributed by atoms with Gasteiger partial charge in [-0.2, -0.15) is 0 Å². The van der Waals surface area contributed by atoms with E-state index < -0.39 is 0 Å². The predicted molar refractivity (Wildman–Crippen MR) is 151 cm³/mol. The molecule has 0 N–H and O–H groups in total. The molecule has 1 fully saturated rings. The molecule has 1 unspecified atom stereocenters. The van der Waals surface area contributed by atoms with E-state index in [0.717, 1.165) is 23.4 Å². The molecule has 0 aliphatic heterocycles. The van der Waals surface area contributed by atoms with Crippen LogP contribution in [-0.2, 0) is 0 Å². The Morgan fingerprint density at radius 3 is 1.76 bits per heavy atom. The number of rotatable bonds is 4. The van der Waals surface area contributed by atoms with E-state index in [-0.39, 0.29) is 0 Å². The van der Waals surface area contributed by atoms with Crippen molar-refractivity contribution in [2.24, 2.45) is 5.92 Å². The Labute approximate surface area is 207 Å². The number of aromatic nitrogens is 1. The minimum absolute atomic E-state index is 0.808. The summed E-state index contributed by atoms with van der Waals surface area (Å²) in [4.78, 5) is 4.52. The first kappa shape index (κ1) is 31.4. The van der Waals surface area contributed by atoms with E-state index in [9.17, 15) is 0 Å². The molecule has 1 atom stereocenters. The molecule has 5 rings (SSSR count). The second kappa shape index (κ2) is 18.8. The van der Waals surface area contributed by atoms with Gasteiger partial charge in [0.25, 0.3) is 0 Å². The van der Waals surface area contributed by atoms with Crippen LogP contribution >= 0.6 is 0 Å². The summed E-state index contributed by atoms with van der Waals surface area (Å²) in [7, 11) is 0. The molecule has 1 aromatic carbocycles. The quantitative estimate of drug-likeness (QED) is 0.448. The highest BCUT2D eigenvalue weighted by atomic mass is 14.7. The minimum Gasteiger partial charge on any atom is -0.256 e. The van der Waals surface area contributed by atoms with E-state index in [2.05, 4.69) is 70.8 Å². The first-order valence-electron chi connectivity index (χ1n) is 14.1. The zero-order valence-electron chi connectivity index (χ0n) is 23.8. The third-order valence-corrected chi connectivity index (χ3v) is 6.46. The molecule has 1 heterocycles. The smallest absolute Gasteiger partial charge is 0.0704 e. The maximum Gasteiger partial charge on any atom is 0.0704 e. The number of aryl methyl sites for hydroxylation is 1. The third-order valence-electron chi connectivity index (χ3n) is 6.46. The Morgan fingerprint density at radius 2 is 1.36 bits per heavy atom. The van der Waals surface area contributed by atoms with E-state index in [4.69, 9.17) is 0 Å². The van der Waals surface area contributed by atoms with Gasteiger partial charge in [-0.15, -0.1) is 0 Å². The van der Waals surface area contributed by atoms with Crippen molar-refractivity contribution in [1.82, 2.24) is 4.98 Å². The lowest BCUT2D eigenvalue weighted by Gasteiger charge is -2.39. The number of pyridine rings is 1. The van der Waals surface area contributed by atoms with E-state index in [1.165, 1.54) is 62.5 Å². The molecule has 0 saturated heterocycles. The van der Waals surface area contributed by atoms with Gasteiger partial charge in [0.05, 0.1) is 5.69 Å². The summed E-state index contributed by atoms with van der Waals surface area (Å²) in [5, 5.41) is 0. The van der Waals surface area contributed by atoms with Crippen molar-refractivity contribution >= 4 is 0 Å².